The zero-order chi connectivity index (χ0) is 13.4. The molecule has 0 aliphatic heterocycles. The lowest BCUT2D eigenvalue weighted by Gasteiger charge is -2.14. The Morgan fingerprint density at radius 1 is 1.28 bits per heavy atom. The highest BCUT2D eigenvalue weighted by atomic mass is 16.5. The van der Waals surface area contributed by atoms with E-state index in [1.165, 1.54) is 6.08 Å². The summed E-state index contributed by atoms with van der Waals surface area (Å²) in [5, 5.41) is 19.0. The van der Waals surface area contributed by atoms with Crippen LogP contribution in [0.1, 0.15) is 6.42 Å². The number of methoxy groups -OCH3 is 1. The Balaban J connectivity index is 2.34. The molecule has 4 heteroatoms. The van der Waals surface area contributed by atoms with E-state index in [1.54, 1.807) is 31.4 Å². The topological polar surface area (TPSA) is 58.9 Å². The summed E-state index contributed by atoms with van der Waals surface area (Å²) in [6.07, 6.45) is -0.192. The molecule has 0 saturated carbocycles. The molecule has 1 aromatic carbocycles. The van der Waals surface area contributed by atoms with Gasteiger partial charge in [-0.2, -0.15) is 0 Å². The molecule has 1 aromatic rings. The summed E-state index contributed by atoms with van der Waals surface area (Å²) in [6, 6.07) is 7.15. The maximum atomic E-state index is 9.56. The Kier molecular flexibility index (Phi) is 6.01. The minimum Gasteiger partial charge on any atom is -0.497 e. The van der Waals surface area contributed by atoms with Gasteiger partial charge >= 0.3 is 0 Å². The molecule has 0 aromatic heterocycles. The molecule has 0 aliphatic rings. The van der Waals surface area contributed by atoms with Gasteiger partial charge < -0.3 is 19.7 Å². The molecular formula is C14H18O4. The number of rotatable bonds is 7. The van der Waals surface area contributed by atoms with Crippen LogP contribution in [0.2, 0.25) is 0 Å². The van der Waals surface area contributed by atoms with Gasteiger partial charge in [0.1, 0.15) is 17.6 Å². The first-order valence-electron chi connectivity index (χ1n) is 5.66. The molecule has 0 spiro atoms. The van der Waals surface area contributed by atoms with Crippen LogP contribution >= 0.6 is 0 Å². The summed E-state index contributed by atoms with van der Waals surface area (Å²) in [5.41, 5.74) is 2.43. The van der Waals surface area contributed by atoms with Gasteiger partial charge in [0.2, 0.25) is 0 Å². The molecule has 2 atom stereocenters. The molecule has 0 fully saturated rings. The van der Waals surface area contributed by atoms with Gasteiger partial charge in [-0.05, 0) is 30.3 Å². The van der Waals surface area contributed by atoms with E-state index in [9.17, 15) is 10.2 Å². The van der Waals surface area contributed by atoms with Crippen molar-refractivity contribution in [1.29, 1.82) is 0 Å². The minimum atomic E-state index is -0.957. The van der Waals surface area contributed by atoms with Crippen molar-refractivity contribution in [3.63, 3.8) is 0 Å². The van der Waals surface area contributed by atoms with Crippen LogP contribution in [-0.4, -0.2) is 36.1 Å². The number of hydrogen-bond donors (Lipinski definition) is 2. The van der Waals surface area contributed by atoms with E-state index in [-0.39, 0.29) is 0 Å². The van der Waals surface area contributed by atoms with Crippen molar-refractivity contribution in [2.24, 2.45) is 0 Å². The molecule has 0 saturated heterocycles. The minimum absolute atomic E-state index is 0.315. The standard InChI is InChI=1S/C14H18O4/c1-3-4-13(15)14(16)9-10-18-12-7-5-11(17-2)6-8-12/h4-8,13-16H,1,9-10H2,2H3/t13-,14-/m1/s1. The van der Waals surface area contributed by atoms with E-state index in [0.29, 0.717) is 18.8 Å². The zero-order valence-corrected chi connectivity index (χ0v) is 10.4. The van der Waals surface area contributed by atoms with Crippen molar-refractivity contribution in [3.05, 3.63) is 42.7 Å². The first-order valence-corrected chi connectivity index (χ1v) is 5.66. The fourth-order valence-electron chi connectivity index (χ4n) is 1.37. The summed E-state index contributed by atoms with van der Waals surface area (Å²) in [6.45, 7) is 3.65. The third-order valence-corrected chi connectivity index (χ3v) is 2.42. The maximum Gasteiger partial charge on any atom is 0.119 e. The van der Waals surface area contributed by atoms with Crippen molar-refractivity contribution >= 4 is 0 Å². The predicted octanol–water partition coefficient (Wildman–Crippen LogP) is 1.53. The number of benzene rings is 1. The fourth-order valence-corrected chi connectivity index (χ4v) is 1.37. The lowest BCUT2D eigenvalue weighted by Crippen LogP contribution is -2.25. The molecule has 2 N–H and O–H groups in total. The molecular weight excluding hydrogens is 232 g/mol. The van der Waals surface area contributed by atoms with E-state index in [0.717, 1.165) is 5.75 Å². The van der Waals surface area contributed by atoms with Gasteiger partial charge in [0, 0.05) is 6.42 Å². The highest BCUT2D eigenvalue weighted by Gasteiger charge is 2.12. The summed E-state index contributed by atoms with van der Waals surface area (Å²) < 4.78 is 10.5. The zero-order valence-electron chi connectivity index (χ0n) is 10.4. The Hall–Kier alpha value is -1.74. The maximum absolute atomic E-state index is 9.56. The van der Waals surface area contributed by atoms with Crippen molar-refractivity contribution in [3.8, 4) is 11.5 Å². The third kappa shape index (κ3) is 4.63. The first kappa shape index (κ1) is 14.3. The van der Waals surface area contributed by atoms with Gasteiger partial charge in [0.25, 0.3) is 0 Å². The van der Waals surface area contributed by atoms with Crippen LogP contribution in [0.15, 0.2) is 42.7 Å². The quantitative estimate of drug-likeness (QED) is 0.720. The average Bonchev–Trinajstić information content (AvgIpc) is 2.39. The van der Waals surface area contributed by atoms with Gasteiger partial charge in [-0.25, -0.2) is 0 Å². The number of hydrogen-bond acceptors (Lipinski definition) is 4. The second kappa shape index (κ2) is 7.56. The smallest absolute Gasteiger partial charge is 0.119 e. The van der Waals surface area contributed by atoms with Crippen molar-refractivity contribution < 1.29 is 19.7 Å². The third-order valence-electron chi connectivity index (χ3n) is 2.42. The van der Waals surface area contributed by atoms with Gasteiger partial charge in [0.05, 0.1) is 19.8 Å². The molecule has 0 radical (unpaired) electrons. The Bertz CT molecular complexity index is 393. The lowest BCUT2D eigenvalue weighted by atomic mass is 10.1. The number of ether oxygens (including phenoxy) is 2. The molecule has 0 unspecified atom stereocenters. The second-order valence-electron chi connectivity index (χ2n) is 3.74. The predicted molar refractivity (Wildman–Crippen MR) is 68.8 cm³/mol. The largest absolute Gasteiger partial charge is 0.497 e. The van der Waals surface area contributed by atoms with Crippen LogP contribution < -0.4 is 9.47 Å². The normalized spacial score (nSPS) is 13.3. The summed E-state index contributed by atoms with van der Waals surface area (Å²) in [4.78, 5) is 0. The molecule has 0 amide bonds. The van der Waals surface area contributed by atoms with Crippen LogP contribution in [0.5, 0.6) is 11.5 Å². The highest BCUT2D eigenvalue weighted by molar-refractivity contribution is 5.31. The highest BCUT2D eigenvalue weighted by Crippen LogP contribution is 2.17. The van der Waals surface area contributed by atoms with Crippen molar-refractivity contribution in [2.45, 2.75) is 18.6 Å². The molecule has 18 heavy (non-hydrogen) atoms. The van der Waals surface area contributed by atoms with Crippen LogP contribution in [0.3, 0.4) is 0 Å². The Labute approximate surface area is 107 Å². The van der Waals surface area contributed by atoms with Gasteiger partial charge in [-0.3, -0.25) is 0 Å². The fraction of sp³-hybridized carbons (Fsp3) is 0.357. The first-order chi connectivity index (χ1) is 8.67. The van der Waals surface area contributed by atoms with E-state index >= 15 is 0 Å². The van der Waals surface area contributed by atoms with Gasteiger partial charge in [0.15, 0.2) is 0 Å². The summed E-state index contributed by atoms with van der Waals surface area (Å²) in [7, 11) is 1.60. The van der Waals surface area contributed by atoms with Gasteiger partial charge in [-0.1, -0.05) is 6.58 Å². The molecule has 0 bridgehead atoms. The molecule has 98 valence electrons. The van der Waals surface area contributed by atoms with Crippen LogP contribution in [-0.2, 0) is 0 Å². The second-order valence-corrected chi connectivity index (χ2v) is 3.74. The molecule has 1 rings (SSSR count). The summed E-state index contributed by atoms with van der Waals surface area (Å²) >= 11 is 0. The Morgan fingerprint density at radius 2 is 1.89 bits per heavy atom. The van der Waals surface area contributed by atoms with E-state index in [4.69, 9.17) is 9.47 Å². The molecule has 0 aliphatic carbocycles. The number of aliphatic hydroxyl groups is 2. The SMILES string of the molecule is C=C=C[C@@H](O)[C@H](O)CCOc1ccc(OC)cc1. The van der Waals surface area contributed by atoms with Crippen LogP contribution in [0, 0.1) is 0 Å². The average molecular weight is 250 g/mol. The van der Waals surface area contributed by atoms with Crippen molar-refractivity contribution in [1.82, 2.24) is 0 Å². The number of aliphatic hydroxyl groups excluding tert-OH is 2. The molecule has 4 nitrogen and oxygen atoms in total. The van der Waals surface area contributed by atoms with Gasteiger partial charge in [-0.15, -0.1) is 5.73 Å². The summed E-state index contributed by atoms with van der Waals surface area (Å²) in [5.74, 6) is 1.45. The van der Waals surface area contributed by atoms with E-state index in [1.807, 2.05) is 0 Å². The Morgan fingerprint density at radius 3 is 2.44 bits per heavy atom. The van der Waals surface area contributed by atoms with Crippen LogP contribution in [0.25, 0.3) is 0 Å². The van der Waals surface area contributed by atoms with Crippen LogP contribution in [0.4, 0.5) is 0 Å². The monoisotopic (exact) mass is 250 g/mol. The molecule has 0 heterocycles. The van der Waals surface area contributed by atoms with E-state index < -0.39 is 12.2 Å². The van der Waals surface area contributed by atoms with E-state index in [2.05, 4.69) is 12.3 Å². The van der Waals surface area contributed by atoms with Crippen molar-refractivity contribution in [2.75, 3.05) is 13.7 Å². The lowest BCUT2D eigenvalue weighted by molar-refractivity contribution is 0.0342.